The van der Waals surface area contributed by atoms with E-state index < -0.39 is 0 Å². The second kappa shape index (κ2) is 7.87. The van der Waals surface area contributed by atoms with Crippen LogP contribution in [-0.2, 0) is 20.0 Å². The lowest BCUT2D eigenvalue weighted by molar-refractivity contribution is 0.0724. The van der Waals surface area contributed by atoms with Crippen molar-refractivity contribution in [3.05, 3.63) is 40.3 Å². The number of aromatic nitrogens is 3. The molecule has 1 N–H and O–H groups in total. The van der Waals surface area contributed by atoms with Gasteiger partial charge >= 0.3 is 0 Å². The first-order valence-corrected chi connectivity index (χ1v) is 9.16. The molecule has 3 heterocycles. The van der Waals surface area contributed by atoms with E-state index in [-0.39, 0.29) is 5.91 Å². The van der Waals surface area contributed by atoms with E-state index in [4.69, 9.17) is 11.6 Å². The van der Waals surface area contributed by atoms with E-state index in [1.807, 2.05) is 22.8 Å². The number of piperidine rings is 1. The molecular weight excluding hydrogens is 338 g/mol. The fourth-order valence-electron chi connectivity index (χ4n) is 3.17. The number of nitrogens with zero attached hydrogens (tertiary/aromatic N) is 4. The maximum Gasteiger partial charge on any atom is 0.255 e. The van der Waals surface area contributed by atoms with Crippen molar-refractivity contribution < 1.29 is 4.79 Å². The maximum absolute atomic E-state index is 12.5. The third-order valence-electron chi connectivity index (χ3n) is 4.50. The molecule has 25 heavy (non-hydrogen) atoms. The maximum atomic E-state index is 12.5. The average molecular weight is 362 g/mol. The van der Waals surface area contributed by atoms with Crippen molar-refractivity contribution in [3.63, 3.8) is 0 Å². The minimum absolute atomic E-state index is 0.0150. The Morgan fingerprint density at radius 3 is 2.76 bits per heavy atom. The van der Waals surface area contributed by atoms with Gasteiger partial charge in [-0.25, -0.2) is 4.98 Å². The van der Waals surface area contributed by atoms with Crippen molar-refractivity contribution in [1.29, 1.82) is 0 Å². The third-order valence-corrected chi connectivity index (χ3v) is 4.79. The fourth-order valence-corrected chi connectivity index (χ4v) is 3.41. The first-order valence-electron chi connectivity index (χ1n) is 8.78. The molecule has 1 aliphatic rings. The van der Waals surface area contributed by atoms with Crippen LogP contribution in [0.4, 0.5) is 5.82 Å². The Kier molecular flexibility index (Phi) is 5.58. The van der Waals surface area contributed by atoms with Crippen LogP contribution in [0.3, 0.4) is 0 Å². The van der Waals surface area contributed by atoms with Crippen molar-refractivity contribution in [2.24, 2.45) is 7.05 Å². The quantitative estimate of drug-likeness (QED) is 0.887. The van der Waals surface area contributed by atoms with Gasteiger partial charge in [-0.2, -0.15) is 5.10 Å². The molecule has 1 fully saturated rings. The number of carbonyl (C=O) groups excluding carboxylic acids is 1. The lowest BCUT2D eigenvalue weighted by Crippen LogP contribution is -2.35. The first-order chi connectivity index (χ1) is 12.1. The van der Waals surface area contributed by atoms with Gasteiger partial charge in [0.05, 0.1) is 16.3 Å². The molecule has 6 nitrogen and oxygen atoms in total. The van der Waals surface area contributed by atoms with Crippen molar-refractivity contribution in [2.75, 3.05) is 18.4 Å². The van der Waals surface area contributed by atoms with Gasteiger partial charge in [0.2, 0.25) is 0 Å². The van der Waals surface area contributed by atoms with Crippen LogP contribution in [-0.4, -0.2) is 38.7 Å². The minimum Gasteiger partial charge on any atom is -0.365 e. The van der Waals surface area contributed by atoms with Crippen LogP contribution in [0, 0.1) is 0 Å². The number of nitrogens with one attached hydrogen (secondary N) is 1. The van der Waals surface area contributed by atoms with Gasteiger partial charge in [0, 0.05) is 44.6 Å². The molecular formula is C18H24ClN5O. The van der Waals surface area contributed by atoms with Gasteiger partial charge in [0.15, 0.2) is 0 Å². The van der Waals surface area contributed by atoms with Crippen molar-refractivity contribution in [3.8, 4) is 0 Å². The van der Waals surface area contributed by atoms with Gasteiger partial charge in [-0.15, -0.1) is 0 Å². The molecule has 0 unspecified atom stereocenters. The number of aryl methyl sites for hydroxylation is 2. The number of likely N-dealkylation sites (tertiary alicyclic amines) is 1. The summed E-state index contributed by atoms with van der Waals surface area (Å²) in [5, 5.41) is 8.13. The molecule has 3 rings (SSSR count). The standard InChI is InChI=1S/C18H24ClN5O/c1-3-16-14(12-23(2)22-16)11-21-17-15(19)9-13(10-20-17)18(25)24-7-5-4-6-8-24/h9-10,12H,3-8,11H2,1-2H3,(H,20,21). The largest absolute Gasteiger partial charge is 0.365 e. The molecule has 0 atom stereocenters. The summed E-state index contributed by atoms with van der Waals surface area (Å²) < 4.78 is 1.81. The van der Waals surface area contributed by atoms with Crippen molar-refractivity contribution >= 4 is 23.3 Å². The summed E-state index contributed by atoms with van der Waals surface area (Å²) in [5.41, 5.74) is 2.73. The van der Waals surface area contributed by atoms with E-state index >= 15 is 0 Å². The highest BCUT2D eigenvalue weighted by atomic mass is 35.5. The molecule has 1 saturated heterocycles. The zero-order chi connectivity index (χ0) is 17.8. The van der Waals surface area contributed by atoms with Crippen LogP contribution in [0.1, 0.15) is 47.8 Å². The number of amides is 1. The zero-order valence-corrected chi connectivity index (χ0v) is 15.5. The Balaban J connectivity index is 1.68. The molecule has 134 valence electrons. The van der Waals surface area contributed by atoms with E-state index in [0.717, 1.165) is 43.6 Å². The normalized spacial score (nSPS) is 14.6. The molecule has 0 radical (unpaired) electrons. The first kappa shape index (κ1) is 17.7. The van der Waals surface area contributed by atoms with E-state index in [9.17, 15) is 4.79 Å². The smallest absolute Gasteiger partial charge is 0.255 e. The summed E-state index contributed by atoms with van der Waals surface area (Å²) in [6.45, 7) is 4.32. The summed E-state index contributed by atoms with van der Waals surface area (Å²) in [7, 11) is 1.91. The molecule has 2 aromatic heterocycles. The van der Waals surface area contributed by atoms with Gasteiger partial charge < -0.3 is 10.2 Å². The molecule has 2 aromatic rings. The highest BCUT2D eigenvalue weighted by Crippen LogP contribution is 2.23. The van der Waals surface area contributed by atoms with Gasteiger partial charge in [0.1, 0.15) is 5.82 Å². The van der Waals surface area contributed by atoms with Crippen LogP contribution < -0.4 is 5.32 Å². The molecule has 0 aromatic carbocycles. The molecule has 0 saturated carbocycles. The Bertz CT molecular complexity index is 752. The van der Waals surface area contributed by atoms with Gasteiger partial charge in [-0.05, 0) is 31.7 Å². The summed E-state index contributed by atoms with van der Waals surface area (Å²) in [4.78, 5) is 18.8. The number of anilines is 1. The Morgan fingerprint density at radius 2 is 2.08 bits per heavy atom. The van der Waals surface area contributed by atoms with Crippen LogP contribution in [0.2, 0.25) is 5.02 Å². The Morgan fingerprint density at radius 1 is 1.32 bits per heavy atom. The fraction of sp³-hybridized carbons (Fsp3) is 0.500. The molecule has 1 aliphatic heterocycles. The van der Waals surface area contributed by atoms with E-state index in [0.29, 0.717) is 22.9 Å². The van der Waals surface area contributed by atoms with Crippen molar-refractivity contribution in [2.45, 2.75) is 39.2 Å². The Hall–Kier alpha value is -2.08. The lowest BCUT2D eigenvalue weighted by Gasteiger charge is -2.26. The molecule has 0 spiro atoms. The molecule has 7 heteroatoms. The topological polar surface area (TPSA) is 63.1 Å². The summed E-state index contributed by atoms with van der Waals surface area (Å²) in [6.07, 6.45) is 7.81. The third kappa shape index (κ3) is 4.12. The number of halogens is 1. The van der Waals surface area contributed by atoms with Crippen LogP contribution in [0.25, 0.3) is 0 Å². The summed E-state index contributed by atoms with van der Waals surface area (Å²) >= 11 is 6.34. The summed E-state index contributed by atoms with van der Waals surface area (Å²) in [6, 6.07) is 1.71. The van der Waals surface area contributed by atoms with E-state index in [1.165, 1.54) is 6.42 Å². The second-order valence-corrected chi connectivity index (χ2v) is 6.80. The molecule has 0 aliphatic carbocycles. The highest BCUT2D eigenvalue weighted by Gasteiger charge is 2.19. The van der Waals surface area contributed by atoms with E-state index in [1.54, 1.807) is 12.3 Å². The second-order valence-electron chi connectivity index (χ2n) is 6.39. The minimum atomic E-state index is 0.0150. The highest BCUT2D eigenvalue weighted by molar-refractivity contribution is 6.33. The predicted octanol–water partition coefficient (Wildman–Crippen LogP) is 3.27. The SMILES string of the molecule is CCc1nn(C)cc1CNc1ncc(C(=O)N2CCCCC2)cc1Cl. The van der Waals surface area contributed by atoms with Crippen LogP contribution in [0.5, 0.6) is 0 Å². The van der Waals surface area contributed by atoms with Crippen LogP contribution >= 0.6 is 11.6 Å². The molecule has 0 bridgehead atoms. The molecule has 1 amide bonds. The number of hydrogen-bond acceptors (Lipinski definition) is 4. The number of rotatable bonds is 5. The predicted molar refractivity (Wildman–Crippen MR) is 98.9 cm³/mol. The number of hydrogen-bond donors (Lipinski definition) is 1. The zero-order valence-electron chi connectivity index (χ0n) is 14.8. The summed E-state index contributed by atoms with van der Waals surface area (Å²) in [5.74, 6) is 0.601. The average Bonchev–Trinajstić information content (AvgIpc) is 3.00. The van der Waals surface area contributed by atoms with E-state index in [2.05, 4.69) is 22.3 Å². The van der Waals surface area contributed by atoms with Crippen molar-refractivity contribution in [1.82, 2.24) is 19.7 Å². The number of carbonyl (C=O) groups is 1. The van der Waals surface area contributed by atoms with Gasteiger partial charge in [-0.3, -0.25) is 9.48 Å². The Labute approximate surface area is 153 Å². The van der Waals surface area contributed by atoms with Gasteiger partial charge in [0.25, 0.3) is 5.91 Å². The van der Waals surface area contributed by atoms with Crippen LogP contribution in [0.15, 0.2) is 18.5 Å². The monoisotopic (exact) mass is 361 g/mol. The number of pyridine rings is 1. The lowest BCUT2D eigenvalue weighted by atomic mass is 10.1. The van der Waals surface area contributed by atoms with Gasteiger partial charge in [-0.1, -0.05) is 18.5 Å².